The average Bonchev–Trinajstić information content (AvgIpc) is 2.59. The first-order valence-electron chi connectivity index (χ1n) is 7.33. The van der Waals surface area contributed by atoms with Crippen molar-refractivity contribution in [2.45, 2.75) is 6.42 Å². The summed E-state index contributed by atoms with van der Waals surface area (Å²) in [6.45, 7) is 1.35. The van der Waals surface area contributed by atoms with Crippen LogP contribution in [0.4, 0.5) is 11.5 Å². The van der Waals surface area contributed by atoms with E-state index in [1.165, 1.54) is 13.4 Å². The van der Waals surface area contributed by atoms with Gasteiger partial charge < -0.3 is 20.1 Å². The van der Waals surface area contributed by atoms with Gasteiger partial charge in [-0.15, -0.1) is 0 Å². The molecule has 0 atom stereocenters. The molecule has 24 heavy (non-hydrogen) atoms. The first-order chi connectivity index (χ1) is 11.6. The minimum absolute atomic E-state index is 0.256. The number of aromatic nitrogens is 2. The Bertz CT molecular complexity index is 697. The summed E-state index contributed by atoms with van der Waals surface area (Å²) in [5.41, 5.74) is 0.810. The predicted molar refractivity (Wildman–Crippen MR) is 93.0 cm³/mol. The molecular weight excluding hydrogens is 332 g/mol. The molecule has 0 fully saturated rings. The summed E-state index contributed by atoms with van der Waals surface area (Å²) < 4.78 is 10.1. The topological polar surface area (TPSA) is 85.4 Å². The van der Waals surface area contributed by atoms with Crippen molar-refractivity contribution in [3.05, 3.63) is 41.3 Å². The van der Waals surface area contributed by atoms with Crippen LogP contribution in [0.3, 0.4) is 0 Å². The van der Waals surface area contributed by atoms with E-state index < -0.39 is 0 Å². The van der Waals surface area contributed by atoms with E-state index in [0.717, 1.165) is 6.42 Å². The molecule has 1 heterocycles. The molecule has 0 bridgehead atoms. The molecule has 0 aliphatic carbocycles. The molecule has 1 amide bonds. The van der Waals surface area contributed by atoms with Gasteiger partial charge in [0.15, 0.2) is 0 Å². The molecule has 1 aromatic carbocycles. The van der Waals surface area contributed by atoms with Crippen LogP contribution in [0.1, 0.15) is 16.9 Å². The fourth-order valence-corrected chi connectivity index (χ4v) is 2.21. The molecule has 0 radical (unpaired) electrons. The second-order valence-corrected chi connectivity index (χ2v) is 5.27. The van der Waals surface area contributed by atoms with Crippen molar-refractivity contribution in [3.63, 3.8) is 0 Å². The summed E-state index contributed by atoms with van der Waals surface area (Å²) in [5.74, 6) is 0.775. The van der Waals surface area contributed by atoms with Crippen molar-refractivity contribution in [3.8, 4) is 5.75 Å². The Morgan fingerprint density at radius 2 is 2.08 bits per heavy atom. The van der Waals surface area contributed by atoms with Crippen molar-refractivity contribution in [1.29, 1.82) is 0 Å². The molecule has 2 N–H and O–H groups in total. The van der Waals surface area contributed by atoms with E-state index in [0.29, 0.717) is 35.4 Å². The maximum Gasteiger partial charge on any atom is 0.274 e. The molecule has 2 aromatic rings. The van der Waals surface area contributed by atoms with Gasteiger partial charge in [-0.2, -0.15) is 0 Å². The number of carbonyl (C=O) groups is 1. The molecule has 0 saturated carbocycles. The second-order valence-electron chi connectivity index (χ2n) is 4.87. The van der Waals surface area contributed by atoms with Crippen LogP contribution in [-0.2, 0) is 4.74 Å². The number of anilines is 2. The summed E-state index contributed by atoms with van der Waals surface area (Å²) in [4.78, 5) is 20.4. The van der Waals surface area contributed by atoms with Gasteiger partial charge in [-0.25, -0.2) is 9.97 Å². The normalized spacial score (nSPS) is 10.3. The Hall–Kier alpha value is -2.38. The molecule has 8 heteroatoms. The largest absolute Gasteiger partial charge is 0.495 e. The number of rotatable bonds is 8. The standard InChI is InChI=1S/C16H19ClN4O3/c1-23-7-3-6-18-15-9-13(19-10-20-15)16(22)21-11-4-5-14(24-2)12(17)8-11/h4-5,8-10H,3,6-7H2,1-2H3,(H,21,22)(H,18,19,20). The Morgan fingerprint density at radius 1 is 1.25 bits per heavy atom. The number of amides is 1. The number of nitrogens with zero attached hydrogens (tertiary/aromatic N) is 2. The molecule has 0 unspecified atom stereocenters. The monoisotopic (exact) mass is 350 g/mol. The van der Waals surface area contributed by atoms with Crippen LogP contribution >= 0.6 is 11.6 Å². The van der Waals surface area contributed by atoms with Crippen LogP contribution in [-0.4, -0.2) is 43.2 Å². The van der Waals surface area contributed by atoms with Crippen LogP contribution in [0.5, 0.6) is 5.75 Å². The zero-order valence-electron chi connectivity index (χ0n) is 13.5. The van der Waals surface area contributed by atoms with E-state index in [4.69, 9.17) is 21.1 Å². The third kappa shape index (κ3) is 5.07. The number of methoxy groups -OCH3 is 2. The quantitative estimate of drug-likeness (QED) is 0.712. The first-order valence-corrected chi connectivity index (χ1v) is 7.71. The highest BCUT2D eigenvalue weighted by Gasteiger charge is 2.10. The van der Waals surface area contributed by atoms with Crippen molar-refractivity contribution >= 4 is 29.0 Å². The number of nitrogens with one attached hydrogen (secondary N) is 2. The summed E-state index contributed by atoms with van der Waals surface area (Å²) in [7, 11) is 3.18. The molecule has 128 valence electrons. The summed E-state index contributed by atoms with van der Waals surface area (Å²) >= 11 is 6.04. The van der Waals surface area contributed by atoms with E-state index in [2.05, 4.69) is 20.6 Å². The van der Waals surface area contributed by atoms with Crippen LogP contribution in [0.15, 0.2) is 30.6 Å². The van der Waals surface area contributed by atoms with Crippen molar-refractivity contribution in [2.75, 3.05) is 38.0 Å². The molecule has 0 aliphatic heterocycles. The maximum absolute atomic E-state index is 12.3. The van der Waals surface area contributed by atoms with Crippen LogP contribution in [0, 0.1) is 0 Å². The molecule has 2 rings (SSSR count). The summed E-state index contributed by atoms with van der Waals surface area (Å²) in [6.07, 6.45) is 2.18. The number of hydrogen-bond donors (Lipinski definition) is 2. The van der Waals surface area contributed by atoms with Gasteiger partial charge in [0.2, 0.25) is 0 Å². The highest BCUT2D eigenvalue weighted by atomic mass is 35.5. The zero-order valence-corrected chi connectivity index (χ0v) is 14.3. The van der Waals surface area contributed by atoms with Gasteiger partial charge in [0.05, 0.1) is 12.1 Å². The highest BCUT2D eigenvalue weighted by Crippen LogP contribution is 2.27. The predicted octanol–water partition coefficient (Wildman–Crippen LogP) is 2.84. The molecular formula is C16H19ClN4O3. The first kappa shape index (κ1) is 18.0. The number of ether oxygens (including phenoxy) is 2. The summed E-state index contributed by atoms with van der Waals surface area (Å²) in [5, 5.41) is 6.27. The average molecular weight is 351 g/mol. The van der Waals surface area contributed by atoms with Gasteiger partial charge in [-0.3, -0.25) is 4.79 Å². The van der Waals surface area contributed by atoms with Gasteiger partial charge in [0, 0.05) is 32.0 Å². The molecule has 0 spiro atoms. The molecule has 1 aromatic heterocycles. The lowest BCUT2D eigenvalue weighted by atomic mass is 10.3. The van der Waals surface area contributed by atoms with E-state index in [1.807, 2.05) is 0 Å². The van der Waals surface area contributed by atoms with Crippen molar-refractivity contribution in [1.82, 2.24) is 9.97 Å². The zero-order chi connectivity index (χ0) is 17.4. The Labute approximate surface area is 145 Å². The maximum atomic E-state index is 12.3. The highest BCUT2D eigenvalue weighted by molar-refractivity contribution is 6.32. The lowest BCUT2D eigenvalue weighted by Gasteiger charge is -2.09. The SMILES string of the molecule is COCCCNc1cc(C(=O)Nc2ccc(OC)c(Cl)c2)ncn1. The van der Waals surface area contributed by atoms with Crippen LogP contribution in [0.2, 0.25) is 5.02 Å². The number of halogens is 1. The van der Waals surface area contributed by atoms with E-state index in [9.17, 15) is 4.79 Å². The molecule has 0 aliphatic rings. The van der Waals surface area contributed by atoms with E-state index in [1.54, 1.807) is 31.4 Å². The molecule has 0 saturated heterocycles. The van der Waals surface area contributed by atoms with Crippen molar-refractivity contribution in [2.24, 2.45) is 0 Å². The van der Waals surface area contributed by atoms with Gasteiger partial charge in [0.25, 0.3) is 5.91 Å². The van der Waals surface area contributed by atoms with Gasteiger partial charge in [0.1, 0.15) is 23.6 Å². The Kier molecular flexibility index (Phi) is 6.77. The minimum Gasteiger partial charge on any atom is -0.495 e. The Morgan fingerprint density at radius 3 is 2.79 bits per heavy atom. The third-order valence-electron chi connectivity index (χ3n) is 3.14. The third-order valence-corrected chi connectivity index (χ3v) is 3.44. The van der Waals surface area contributed by atoms with Gasteiger partial charge in [-0.1, -0.05) is 11.6 Å². The number of benzene rings is 1. The van der Waals surface area contributed by atoms with Gasteiger partial charge in [-0.05, 0) is 24.6 Å². The van der Waals surface area contributed by atoms with Crippen LogP contribution in [0.25, 0.3) is 0 Å². The van der Waals surface area contributed by atoms with Crippen molar-refractivity contribution < 1.29 is 14.3 Å². The number of carbonyl (C=O) groups excluding carboxylic acids is 1. The lowest BCUT2D eigenvalue weighted by molar-refractivity contribution is 0.102. The fourth-order valence-electron chi connectivity index (χ4n) is 1.95. The van der Waals surface area contributed by atoms with E-state index >= 15 is 0 Å². The molecule has 7 nitrogen and oxygen atoms in total. The fraction of sp³-hybridized carbons (Fsp3) is 0.312. The Balaban J connectivity index is 2.00. The second kappa shape index (κ2) is 9.05. The van der Waals surface area contributed by atoms with E-state index in [-0.39, 0.29) is 11.6 Å². The summed E-state index contributed by atoms with van der Waals surface area (Å²) in [6, 6.07) is 6.59. The smallest absolute Gasteiger partial charge is 0.274 e. The minimum atomic E-state index is -0.349. The lowest BCUT2D eigenvalue weighted by Crippen LogP contribution is -2.15. The van der Waals surface area contributed by atoms with Crippen LogP contribution < -0.4 is 15.4 Å². The number of hydrogen-bond acceptors (Lipinski definition) is 6. The van der Waals surface area contributed by atoms with Gasteiger partial charge >= 0.3 is 0 Å².